The van der Waals surface area contributed by atoms with Crippen LogP contribution in [-0.4, -0.2) is 26.9 Å². The molecular weight excluding hydrogens is 425 g/mol. The normalized spacial score (nSPS) is 28.7. The van der Waals surface area contributed by atoms with E-state index in [-0.39, 0.29) is 22.0 Å². The number of rotatable bonds is 3. The molecule has 31 heavy (non-hydrogen) atoms. The molecule has 2 aromatic carbocycles. The number of nitrogens with zero attached hydrogens (tertiary/aromatic N) is 1. The van der Waals surface area contributed by atoms with E-state index >= 15 is 0 Å². The van der Waals surface area contributed by atoms with Gasteiger partial charge in [-0.05, 0) is 17.7 Å². The highest BCUT2D eigenvalue weighted by Gasteiger charge is 2.78. The molecule has 3 aromatic rings. The second-order valence-corrected chi connectivity index (χ2v) is 8.06. The summed E-state index contributed by atoms with van der Waals surface area (Å²) in [5.41, 5.74) is -3.70. The maximum atomic E-state index is 13.7. The maximum Gasteiger partial charge on any atom is 0.314 e. The van der Waals surface area contributed by atoms with Crippen molar-refractivity contribution in [3.63, 3.8) is 0 Å². The minimum absolute atomic E-state index is 0.0671. The number of ketones is 1. The molecule has 2 aliphatic rings. The van der Waals surface area contributed by atoms with Crippen LogP contribution in [-0.2, 0) is 20.8 Å². The topological polar surface area (TPSA) is 96.7 Å². The number of hydrogen-bond donors (Lipinski definition) is 2. The third-order valence-corrected chi connectivity index (χ3v) is 6.29. The highest BCUT2D eigenvalue weighted by molar-refractivity contribution is 6.30. The molecule has 1 aromatic heterocycles. The molecule has 1 aliphatic carbocycles. The Hall–Kier alpha value is -3.29. The van der Waals surface area contributed by atoms with Crippen LogP contribution < -0.4 is 4.74 Å². The lowest BCUT2D eigenvalue weighted by Gasteiger charge is -2.38. The third kappa shape index (κ3) is 2.44. The summed E-state index contributed by atoms with van der Waals surface area (Å²) >= 11 is 6.05. The number of halogens is 2. The molecule has 0 unspecified atom stereocenters. The van der Waals surface area contributed by atoms with Gasteiger partial charge in [-0.1, -0.05) is 54.1 Å². The Labute approximate surface area is 180 Å². The third-order valence-electron chi connectivity index (χ3n) is 6.08. The molecule has 1 aliphatic heterocycles. The smallest absolute Gasteiger partial charge is 0.314 e. The van der Waals surface area contributed by atoms with Crippen molar-refractivity contribution in [1.82, 2.24) is 4.98 Å². The fourth-order valence-corrected chi connectivity index (χ4v) is 5.03. The molecule has 0 amide bonds. The number of Topliss-reactive ketones (excluding diaryl/α,β-unsaturated/α-hetero) is 1. The molecule has 1 fully saturated rings. The number of aromatic nitrogens is 1. The van der Waals surface area contributed by atoms with Crippen molar-refractivity contribution in [1.29, 1.82) is 0 Å². The molecule has 156 valence electrons. The van der Waals surface area contributed by atoms with Crippen molar-refractivity contribution in [3.8, 4) is 5.75 Å². The Morgan fingerprint density at radius 2 is 1.81 bits per heavy atom. The first kappa shape index (κ1) is 19.7. The zero-order valence-electron chi connectivity index (χ0n) is 15.8. The summed E-state index contributed by atoms with van der Waals surface area (Å²) in [5, 5.41) is 22.1. The Bertz CT molecular complexity index is 1220. The molecule has 8 heteroatoms. The predicted molar refractivity (Wildman–Crippen MR) is 107 cm³/mol. The average molecular weight is 440 g/mol. The van der Waals surface area contributed by atoms with Crippen molar-refractivity contribution in [2.45, 2.75) is 17.1 Å². The van der Waals surface area contributed by atoms with E-state index in [1.807, 2.05) is 0 Å². The number of carbonyl (C=O) groups is 2. The van der Waals surface area contributed by atoms with Crippen molar-refractivity contribution >= 4 is 23.4 Å². The van der Waals surface area contributed by atoms with Crippen molar-refractivity contribution in [2.75, 3.05) is 0 Å². The van der Waals surface area contributed by atoms with Gasteiger partial charge in [0.2, 0.25) is 5.60 Å². The maximum absolute atomic E-state index is 13.7. The van der Waals surface area contributed by atoms with Gasteiger partial charge >= 0.3 is 5.97 Å². The van der Waals surface area contributed by atoms with E-state index in [1.165, 1.54) is 24.4 Å². The van der Waals surface area contributed by atoms with E-state index < -0.39 is 40.6 Å². The summed E-state index contributed by atoms with van der Waals surface area (Å²) in [6.45, 7) is 0. The molecule has 0 bridgehead atoms. The van der Waals surface area contributed by atoms with Crippen LogP contribution in [0.5, 0.6) is 5.75 Å². The number of carboxylic acid groups (broad SMARTS) is 1. The summed E-state index contributed by atoms with van der Waals surface area (Å²) < 4.78 is 20.0. The summed E-state index contributed by atoms with van der Waals surface area (Å²) in [6.07, 6.45) is 1.25. The second-order valence-electron chi connectivity index (χ2n) is 7.62. The summed E-state index contributed by atoms with van der Waals surface area (Å²) in [4.78, 5) is 30.0. The molecular formula is C23H15ClFNO5. The molecule has 0 radical (unpaired) electrons. The average Bonchev–Trinajstić information content (AvgIpc) is 3.12. The number of aliphatic carboxylic acids is 1. The molecule has 0 spiro atoms. The predicted octanol–water partition coefficient (Wildman–Crippen LogP) is 3.42. The fraction of sp³-hybridized carbons (Fsp3) is 0.174. The van der Waals surface area contributed by atoms with E-state index in [1.54, 1.807) is 30.3 Å². The lowest BCUT2D eigenvalue weighted by atomic mass is 9.71. The number of ether oxygens (including phenoxy) is 1. The summed E-state index contributed by atoms with van der Waals surface area (Å²) in [5.74, 6) is -5.56. The standard InChI is InChI=1S/C23H15ClFNO5/c24-14-10-16-19(26-11-14)22(30)20(27)17(21(28)29)18(12-4-2-1-3-5-12)23(22,31-16)13-6-8-15(25)9-7-13/h1-11,17-18,30H,(H,28,29)/t17-,18-,22+,23+/m1/s1. The van der Waals surface area contributed by atoms with Crippen molar-refractivity contribution in [2.24, 2.45) is 5.92 Å². The molecule has 4 atom stereocenters. The molecule has 2 N–H and O–H groups in total. The second kappa shape index (κ2) is 6.60. The highest BCUT2D eigenvalue weighted by atomic mass is 35.5. The largest absolute Gasteiger partial charge is 0.481 e. The summed E-state index contributed by atoms with van der Waals surface area (Å²) in [6, 6.07) is 15.0. The van der Waals surface area contributed by atoms with Crippen LogP contribution in [0.2, 0.25) is 5.02 Å². The Morgan fingerprint density at radius 3 is 2.45 bits per heavy atom. The zero-order chi connectivity index (χ0) is 22.0. The van der Waals surface area contributed by atoms with Gasteiger partial charge in [-0.15, -0.1) is 0 Å². The Balaban J connectivity index is 1.88. The highest BCUT2D eigenvalue weighted by Crippen LogP contribution is 2.66. The number of pyridine rings is 1. The van der Waals surface area contributed by atoms with Crippen LogP contribution in [0.15, 0.2) is 66.9 Å². The number of benzene rings is 2. The number of fused-ring (bicyclic) bond motifs is 3. The minimum Gasteiger partial charge on any atom is -0.481 e. The van der Waals surface area contributed by atoms with Gasteiger partial charge in [0.05, 0.1) is 10.9 Å². The van der Waals surface area contributed by atoms with Crippen LogP contribution in [0, 0.1) is 11.7 Å². The van der Waals surface area contributed by atoms with Gasteiger partial charge in [0.15, 0.2) is 11.4 Å². The SMILES string of the molecule is O=C(O)[C@H]1C(=O)[C@@]2(O)c3ncc(Cl)cc3O[C@@]2(c2ccc(F)cc2)[C@@H]1c1ccccc1. The van der Waals surface area contributed by atoms with Gasteiger partial charge in [-0.3, -0.25) is 14.6 Å². The first-order chi connectivity index (χ1) is 14.8. The molecule has 5 rings (SSSR count). The number of carboxylic acids is 1. The molecule has 0 saturated heterocycles. The van der Waals surface area contributed by atoms with Gasteiger partial charge in [0.25, 0.3) is 0 Å². The van der Waals surface area contributed by atoms with Crippen LogP contribution in [0.25, 0.3) is 0 Å². The number of hydrogen-bond acceptors (Lipinski definition) is 5. The van der Waals surface area contributed by atoms with E-state index in [2.05, 4.69) is 4.98 Å². The fourth-order valence-electron chi connectivity index (χ4n) is 4.88. The molecule has 6 nitrogen and oxygen atoms in total. The van der Waals surface area contributed by atoms with Crippen molar-refractivity contribution < 1.29 is 28.9 Å². The van der Waals surface area contributed by atoms with Gasteiger partial charge in [-0.2, -0.15) is 0 Å². The lowest BCUT2D eigenvalue weighted by molar-refractivity contribution is -0.154. The van der Waals surface area contributed by atoms with Crippen LogP contribution in [0.1, 0.15) is 22.7 Å². The van der Waals surface area contributed by atoms with E-state index in [0.717, 1.165) is 12.1 Å². The van der Waals surface area contributed by atoms with Crippen LogP contribution >= 0.6 is 11.6 Å². The molecule has 2 heterocycles. The Kier molecular flexibility index (Phi) is 4.19. The van der Waals surface area contributed by atoms with E-state index in [9.17, 15) is 24.2 Å². The lowest BCUT2D eigenvalue weighted by Crippen LogP contribution is -2.51. The summed E-state index contributed by atoms with van der Waals surface area (Å²) in [7, 11) is 0. The van der Waals surface area contributed by atoms with Gasteiger partial charge in [-0.25, -0.2) is 4.39 Å². The minimum atomic E-state index is -2.42. The van der Waals surface area contributed by atoms with Gasteiger partial charge in [0.1, 0.15) is 23.2 Å². The quantitative estimate of drug-likeness (QED) is 0.607. The van der Waals surface area contributed by atoms with Crippen LogP contribution in [0.4, 0.5) is 4.39 Å². The van der Waals surface area contributed by atoms with E-state index in [4.69, 9.17) is 16.3 Å². The Morgan fingerprint density at radius 1 is 1.13 bits per heavy atom. The number of aliphatic hydroxyl groups is 1. The number of carbonyl (C=O) groups excluding carboxylic acids is 1. The van der Waals surface area contributed by atoms with Gasteiger partial charge < -0.3 is 14.9 Å². The zero-order valence-corrected chi connectivity index (χ0v) is 16.6. The van der Waals surface area contributed by atoms with E-state index in [0.29, 0.717) is 5.56 Å². The molecule has 1 saturated carbocycles. The monoisotopic (exact) mass is 439 g/mol. The van der Waals surface area contributed by atoms with Crippen molar-refractivity contribution in [3.05, 3.63) is 94.5 Å². The first-order valence-corrected chi connectivity index (χ1v) is 9.84. The van der Waals surface area contributed by atoms with Crippen LogP contribution in [0.3, 0.4) is 0 Å². The first-order valence-electron chi connectivity index (χ1n) is 9.46. The van der Waals surface area contributed by atoms with Gasteiger partial charge in [0, 0.05) is 17.8 Å².